The molecule has 3 rings (SSSR count). The summed E-state index contributed by atoms with van der Waals surface area (Å²) in [4.78, 5) is 26.2. The Morgan fingerprint density at radius 1 is 1.31 bits per heavy atom. The summed E-state index contributed by atoms with van der Waals surface area (Å²) in [7, 11) is 0. The lowest BCUT2D eigenvalue weighted by Gasteiger charge is -2.38. The quantitative estimate of drug-likeness (QED) is 0.289. The van der Waals surface area contributed by atoms with E-state index in [2.05, 4.69) is 4.98 Å². The predicted octanol–water partition coefficient (Wildman–Crippen LogP) is 3.80. The summed E-state index contributed by atoms with van der Waals surface area (Å²) < 4.78 is 17.3. The molecule has 0 bridgehead atoms. The third-order valence-electron chi connectivity index (χ3n) is 5.59. The molecule has 174 valence electrons. The number of rotatable bonds is 10. The van der Waals surface area contributed by atoms with Gasteiger partial charge in [0.2, 0.25) is 0 Å². The molecule has 0 spiro atoms. The van der Waals surface area contributed by atoms with Crippen molar-refractivity contribution in [3.63, 3.8) is 0 Å². The Morgan fingerprint density at radius 3 is 2.88 bits per heavy atom. The maximum Gasteiger partial charge on any atom is 0.340 e. The molecule has 3 N–H and O–H groups in total. The summed E-state index contributed by atoms with van der Waals surface area (Å²) in [6.07, 6.45) is 5.00. The van der Waals surface area contributed by atoms with Gasteiger partial charge >= 0.3 is 11.9 Å². The summed E-state index contributed by atoms with van der Waals surface area (Å²) >= 11 is 0. The highest BCUT2D eigenvalue weighted by atomic mass is 16.7. The van der Waals surface area contributed by atoms with Gasteiger partial charge in [0.1, 0.15) is 12.2 Å². The van der Waals surface area contributed by atoms with Crippen molar-refractivity contribution in [1.82, 2.24) is 4.98 Å². The molecule has 0 aliphatic carbocycles. The first-order valence-corrected chi connectivity index (χ1v) is 11.0. The van der Waals surface area contributed by atoms with Crippen molar-refractivity contribution >= 4 is 22.8 Å². The predicted molar refractivity (Wildman–Crippen MR) is 118 cm³/mol. The molecule has 1 aliphatic heterocycles. The summed E-state index contributed by atoms with van der Waals surface area (Å²) in [5.41, 5.74) is 1.31. The number of aromatic nitrogens is 1. The van der Waals surface area contributed by atoms with Crippen molar-refractivity contribution in [2.75, 3.05) is 0 Å². The average Bonchev–Trinajstić information content (AvgIpc) is 3.18. The van der Waals surface area contributed by atoms with E-state index in [0.29, 0.717) is 12.0 Å². The summed E-state index contributed by atoms with van der Waals surface area (Å²) in [5.74, 6) is -1.40. The number of carboxylic acid groups (broad SMARTS) is 1. The fourth-order valence-electron chi connectivity index (χ4n) is 3.81. The first-order valence-electron chi connectivity index (χ1n) is 11.0. The SMILES string of the molecule is CC(CCCCC=CC(=O)O)OC1OC(C)C(OC(=O)c2c[nH]c3ccccc23)CC1O. The van der Waals surface area contributed by atoms with Gasteiger partial charge in [0.05, 0.1) is 17.8 Å². The zero-order valence-electron chi connectivity index (χ0n) is 18.4. The van der Waals surface area contributed by atoms with Crippen LogP contribution in [0.4, 0.5) is 0 Å². The van der Waals surface area contributed by atoms with Crippen LogP contribution in [0.3, 0.4) is 0 Å². The molecule has 1 saturated heterocycles. The number of ether oxygens (including phenoxy) is 3. The zero-order valence-corrected chi connectivity index (χ0v) is 18.4. The van der Waals surface area contributed by atoms with Crippen LogP contribution >= 0.6 is 0 Å². The minimum atomic E-state index is -0.940. The first-order chi connectivity index (χ1) is 15.3. The van der Waals surface area contributed by atoms with Crippen molar-refractivity contribution in [3.8, 4) is 0 Å². The van der Waals surface area contributed by atoms with E-state index in [-0.39, 0.29) is 12.5 Å². The van der Waals surface area contributed by atoms with Crippen LogP contribution in [0, 0.1) is 0 Å². The number of carboxylic acids is 1. The van der Waals surface area contributed by atoms with Gasteiger partial charge in [-0.05, 0) is 39.2 Å². The second-order valence-corrected chi connectivity index (χ2v) is 8.18. The second-order valence-electron chi connectivity index (χ2n) is 8.18. The number of esters is 1. The molecule has 1 aliphatic rings. The fourth-order valence-corrected chi connectivity index (χ4v) is 3.81. The highest BCUT2D eigenvalue weighted by Crippen LogP contribution is 2.27. The van der Waals surface area contributed by atoms with E-state index in [1.807, 2.05) is 31.2 Å². The Morgan fingerprint density at radius 2 is 2.09 bits per heavy atom. The fraction of sp³-hybridized carbons (Fsp3) is 0.500. The van der Waals surface area contributed by atoms with Gasteiger partial charge in [-0.15, -0.1) is 0 Å². The van der Waals surface area contributed by atoms with Crippen LogP contribution in [0.1, 0.15) is 56.3 Å². The third-order valence-corrected chi connectivity index (χ3v) is 5.59. The number of nitrogens with one attached hydrogen (secondary N) is 1. The van der Waals surface area contributed by atoms with Gasteiger partial charge < -0.3 is 29.4 Å². The van der Waals surface area contributed by atoms with Gasteiger partial charge in [0.15, 0.2) is 6.29 Å². The number of H-pyrrole nitrogens is 1. The van der Waals surface area contributed by atoms with Crippen LogP contribution in [0.15, 0.2) is 42.6 Å². The molecule has 8 nitrogen and oxygen atoms in total. The molecule has 2 aromatic rings. The average molecular weight is 446 g/mol. The number of carbonyl (C=O) groups excluding carboxylic acids is 1. The Balaban J connectivity index is 1.45. The van der Waals surface area contributed by atoms with E-state index in [0.717, 1.165) is 36.2 Å². The molecule has 0 radical (unpaired) electrons. The number of aliphatic carboxylic acids is 1. The molecule has 1 aromatic carbocycles. The highest BCUT2D eigenvalue weighted by Gasteiger charge is 2.38. The summed E-state index contributed by atoms with van der Waals surface area (Å²) in [6, 6.07) is 7.49. The molecule has 0 saturated carbocycles. The van der Waals surface area contributed by atoms with Crippen LogP contribution in [-0.4, -0.2) is 57.8 Å². The lowest BCUT2D eigenvalue weighted by atomic mass is 10.0. The highest BCUT2D eigenvalue weighted by molar-refractivity contribution is 6.04. The maximum atomic E-state index is 12.7. The standard InChI is InChI=1S/C24H31NO7/c1-15(9-5-3-4-6-12-22(27)28)30-24-20(26)13-21(16(2)31-24)32-23(29)18-14-25-19-11-8-7-10-17(18)19/h6-8,10-12,14-16,20-21,24-26H,3-5,9,13H2,1-2H3,(H,27,28). The topological polar surface area (TPSA) is 118 Å². The van der Waals surface area contributed by atoms with Gasteiger partial charge in [-0.1, -0.05) is 30.7 Å². The van der Waals surface area contributed by atoms with Gasteiger partial charge in [-0.25, -0.2) is 9.59 Å². The molecule has 1 fully saturated rings. The zero-order chi connectivity index (χ0) is 23.1. The van der Waals surface area contributed by atoms with Crippen LogP contribution in [0.2, 0.25) is 0 Å². The number of benzene rings is 1. The number of unbranched alkanes of at least 4 members (excludes halogenated alkanes) is 2. The van der Waals surface area contributed by atoms with Crippen LogP contribution in [-0.2, 0) is 19.0 Å². The number of hydrogen-bond donors (Lipinski definition) is 3. The number of aliphatic hydroxyl groups is 1. The largest absolute Gasteiger partial charge is 0.478 e. The number of para-hydroxylation sites is 1. The minimum absolute atomic E-state index is 0.129. The lowest BCUT2D eigenvalue weighted by Crippen LogP contribution is -2.49. The number of allylic oxidation sites excluding steroid dienone is 1. The number of aliphatic hydroxyl groups excluding tert-OH is 1. The Kier molecular flexibility index (Phi) is 8.44. The van der Waals surface area contributed by atoms with Gasteiger partial charge in [-0.2, -0.15) is 0 Å². The van der Waals surface area contributed by atoms with Crippen molar-refractivity contribution in [3.05, 3.63) is 48.2 Å². The van der Waals surface area contributed by atoms with E-state index in [1.54, 1.807) is 19.2 Å². The maximum absolute atomic E-state index is 12.7. The smallest absolute Gasteiger partial charge is 0.340 e. The number of carbonyl (C=O) groups is 2. The number of fused-ring (bicyclic) bond motifs is 1. The normalized spacial score (nSPS) is 24.6. The van der Waals surface area contributed by atoms with Crippen LogP contribution < -0.4 is 0 Å². The van der Waals surface area contributed by atoms with E-state index in [9.17, 15) is 14.7 Å². The molecule has 5 atom stereocenters. The number of hydrogen-bond acceptors (Lipinski definition) is 6. The number of aromatic amines is 1. The van der Waals surface area contributed by atoms with Gasteiger partial charge in [-0.3, -0.25) is 0 Å². The van der Waals surface area contributed by atoms with Crippen LogP contribution in [0.5, 0.6) is 0 Å². The molecule has 1 aromatic heterocycles. The molecule has 2 heterocycles. The first kappa shape index (κ1) is 24.0. The minimum Gasteiger partial charge on any atom is -0.478 e. The Labute approximate surface area is 187 Å². The van der Waals surface area contributed by atoms with Crippen molar-refractivity contribution in [2.45, 2.75) is 76.7 Å². The monoisotopic (exact) mass is 445 g/mol. The molecular formula is C24H31NO7. The van der Waals surface area contributed by atoms with Crippen molar-refractivity contribution < 1.29 is 34.0 Å². The van der Waals surface area contributed by atoms with Crippen LogP contribution in [0.25, 0.3) is 10.9 Å². The Hall–Kier alpha value is -2.68. The summed E-state index contributed by atoms with van der Waals surface area (Å²) in [5, 5.41) is 19.9. The van der Waals surface area contributed by atoms with E-state index in [4.69, 9.17) is 19.3 Å². The Bertz CT molecular complexity index is 937. The van der Waals surface area contributed by atoms with E-state index >= 15 is 0 Å². The molecule has 0 amide bonds. The van der Waals surface area contributed by atoms with Gasteiger partial charge in [0, 0.05) is 29.6 Å². The van der Waals surface area contributed by atoms with Gasteiger partial charge in [0.25, 0.3) is 0 Å². The third kappa shape index (κ3) is 6.41. The second kappa shape index (κ2) is 11.3. The molecular weight excluding hydrogens is 414 g/mol. The van der Waals surface area contributed by atoms with E-state index in [1.165, 1.54) is 0 Å². The molecule has 5 unspecified atom stereocenters. The van der Waals surface area contributed by atoms with E-state index < -0.39 is 36.5 Å². The summed E-state index contributed by atoms with van der Waals surface area (Å²) in [6.45, 7) is 3.71. The lowest BCUT2D eigenvalue weighted by molar-refractivity contribution is -0.273. The van der Waals surface area contributed by atoms with Crippen molar-refractivity contribution in [2.24, 2.45) is 0 Å². The molecule has 8 heteroatoms. The van der Waals surface area contributed by atoms with Crippen molar-refractivity contribution in [1.29, 1.82) is 0 Å². The molecule has 32 heavy (non-hydrogen) atoms.